The van der Waals surface area contributed by atoms with Crippen molar-refractivity contribution in [2.24, 2.45) is 11.7 Å². The lowest BCUT2D eigenvalue weighted by atomic mass is 9.88. The van der Waals surface area contributed by atoms with E-state index in [0.717, 1.165) is 29.7 Å². The summed E-state index contributed by atoms with van der Waals surface area (Å²) in [6.07, 6.45) is 2.68. The van der Waals surface area contributed by atoms with Crippen LogP contribution >= 0.6 is 11.3 Å². The van der Waals surface area contributed by atoms with Gasteiger partial charge in [0, 0.05) is 4.88 Å². The fourth-order valence-corrected chi connectivity index (χ4v) is 4.70. The van der Waals surface area contributed by atoms with Crippen LogP contribution in [0.4, 0.5) is 5.00 Å². The summed E-state index contributed by atoms with van der Waals surface area (Å²) in [4.78, 5) is 25.9. The first kappa shape index (κ1) is 18.5. The van der Waals surface area contributed by atoms with Gasteiger partial charge in [-0.05, 0) is 49.3 Å². The summed E-state index contributed by atoms with van der Waals surface area (Å²) in [5, 5.41) is 3.44. The average molecular weight is 372 g/mol. The molecule has 6 heteroatoms. The maximum atomic E-state index is 12.7. The number of carbonyl (C=O) groups is 2. The molecule has 0 unspecified atom stereocenters. The maximum Gasteiger partial charge on any atom is 0.266 e. The molecule has 1 aliphatic carbocycles. The lowest BCUT2D eigenvalue weighted by Gasteiger charge is -2.18. The highest BCUT2D eigenvalue weighted by molar-refractivity contribution is 7.17. The number of hydrogen-bond acceptors (Lipinski definition) is 4. The van der Waals surface area contributed by atoms with E-state index in [1.807, 2.05) is 37.3 Å². The lowest BCUT2D eigenvalue weighted by Crippen LogP contribution is -2.32. The molecule has 1 aromatic heterocycles. The van der Waals surface area contributed by atoms with Crippen LogP contribution in [-0.2, 0) is 17.6 Å². The van der Waals surface area contributed by atoms with Crippen molar-refractivity contribution in [3.63, 3.8) is 0 Å². The molecule has 138 valence electrons. The first-order chi connectivity index (χ1) is 12.5. The number of amides is 2. The second-order valence-electron chi connectivity index (χ2n) is 6.74. The first-order valence-electron chi connectivity index (χ1n) is 8.96. The Morgan fingerprint density at radius 3 is 2.73 bits per heavy atom. The third-order valence-corrected chi connectivity index (χ3v) is 5.85. The number of para-hydroxylation sites is 1. The van der Waals surface area contributed by atoms with E-state index in [-0.39, 0.29) is 5.91 Å². The summed E-state index contributed by atoms with van der Waals surface area (Å²) in [6, 6.07) is 9.25. The maximum absolute atomic E-state index is 12.7. The highest BCUT2D eigenvalue weighted by Gasteiger charge is 2.28. The van der Waals surface area contributed by atoms with Gasteiger partial charge < -0.3 is 15.8 Å². The van der Waals surface area contributed by atoms with Gasteiger partial charge in [-0.25, -0.2) is 0 Å². The second kappa shape index (κ2) is 7.91. The molecule has 0 saturated carbocycles. The number of carbonyl (C=O) groups excluding carboxylic acids is 2. The van der Waals surface area contributed by atoms with Crippen LogP contribution in [0.1, 0.15) is 47.5 Å². The molecule has 5 nitrogen and oxygen atoms in total. The number of rotatable bonds is 6. The van der Waals surface area contributed by atoms with Crippen LogP contribution in [0.2, 0.25) is 0 Å². The van der Waals surface area contributed by atoms with Crippen LogP contribution < -0.4 is 15.8 Å². The molecular weight excluding hydrogens is 348 g/mol. The van der Waals surface area contributed by atoms with Crippen molar-refractivity contribution in [3.8, 4) is 5.75 Å². The van der Waals surface area contributed by atoms with E-state index >= 15 is 0 Å². The third kappa shape index (κ3) is 3.90. The van der Waals surface area contributed by atoms with Gasteiger partial charge in [-0.1, -0.05) is 32.0 Å². The molecule has 26 heavy (non-hydrogen) atoms. The lowest BCUT2D eigenvalue weighted by molar-refractivity contribution is -0.122. The Morgan fingerprint density at radius 2 is 2.08 bits per heavy atom. The van der Waals surface area contributed by atoms with Gasteiger partial charge in [0.25, 0.3) is 11.8 Å². The largest absolute Gasteiger partial charge is 0.481 e. The van der Waals surface area contributed by atoms with Crippen LogP contribution in [0.15, 0.2) is 30.3 Å². The topological polar surface area (TPSA) is 81.4 Å². The van der Waals surface area contributed by atoms with Crippen LogP contribution in [-0.4, -0.2) is 17.9 Å². The first-order valence-corrected chi connectivity index (χ1v) is 9.78. The molecule has 1 heterocycles. The van der Waals surface area contributed by atoms with E-state index in [2.05, 4.69) is 12.2 Å². The molecule has 2 amide bonds. The number of fused-ring (bicyclic) bond motifs is 1. The number of nitrogens with one attached hydrogen (secondary N) is 1. The van der Waals surface area contributed by atoms with E-state index in [1.54, 1.807) is 0 Å². The molecule has 2 atom stereocenters. The number of hydrogen-bond donors (Lipinski definition) is 2. The van der Waals surface area contributed by atoms with Crippen molar-refractivity contribution in [1.82, 2.24) is 0 Å². The smallest absolute Gasteiger partial charge is 0.266 e. The van der Waals surface area contributed by atoms with Crippen LogP contribution in [0, 0.1) is 5.92 Å². The van der Waals surface area contributed by atoms with E-state index in [1.165, 1.54) is 11.3 Å². The number of primary amides is 1. The molecule has 0 spiro atoms. The minimum absolute atomic E-state index is 0.259. The van der Waals surface area contributed by atoms with Gasteiger partial charge in [-0.15, -0.1) is 11.3 Å². The summed E-state index contributed by atoms with van der Waals surface area (Å²) in [7, 11) is 0. The molecule has 0 radical (unpaired) electrons. The third-order valence-electron chi connectivity index (χ3n) is 4.68. The number of benzene rings is 1. The molecule has 1 aliphatic rings. The summed E-state index contributed by atoms with van der Waals surface area (Å²) in [6.45, 7) is 4.09. The van der Waals surface area contributed by atoms with Gasteiger partial charge >= 0.3 is 0 Å². The summed E-state index contributed by atoms with van der Waals surface area (Å²) >= 11 is 1.47. The zero-order valence-electron chi connectivity index (χ0n) is 15.1. The minimum Gasteiger partial charge on any atom is -0.481 e. The van der Waals surface area contributed by atoms with Crippen molar-refractivity contribution in [3.05, 3.63) is 46.3 Å². The highest BCUT2D eigenvalue weighted by Crippen LogP contribution is 2.39. The van der Waals surface area contributed by atoms with Gasteiger partial charge in [0.2, 0.25) is 0 Å². The molecule has 3 rings (SSSR count). The van der Waals surface area contributed by atoms with E-state index in [9.17, 15) is 9.59 Å². The van der Waals surface area contributed by atoms with Gasteiger partial charge in [-0.3, -0.25) is 9.59 Å². The molecular formula is C20H24N2O3S. The number of anilines is 1. The Bertz CT molecular complexity index is 801. The number of thiophene rings is 1. The van der Waals surface area contributed by atoms with Crippen molar-refractivity contribution in [2.45, 2.75) is 45.6 Å². The normalized spacial score (nSPS) is 17.2. The fourth-order valence-electron chi connectivity index (χ4n) is 3.28. The molecule has 0 aliphatic heterocycles. The molecule has 1 aromatic carbocycles. The quantitative estimate of drug-likeness (QED) is 0.810. The van der Waals surface area contributed by atoms with Gasteiger partial charge in [0.05, 0.1) is 5.56 Å². The second-order valence-corrected chi connectivity index (χ2v) is 7.84. The average Bonchev–Trinajstić information content (AvgIpc) is 2.97. The fraction of sp³-hybridized carbons (Fsp3) is 0.400. The van der Waals surface area contributed by atoms with E-state index in [0.29, 0.717) is 28.7 Å². The molecule has 0 fully saturated rings. The summed E-state index contributed by atoms with van der Waals surface area (Å²) in [5.41, 5.74) is 7.09. The number of ether oxygens (including phenoxy) is 1. The summed E-state index contributed by atoms with van der Waals surface area (Å²) < 4.78 is 5.79. The van der Waals surface area contributed by atoms with Gasteiger partial charge in [-0.2, -0.15) is 0 Å². The molecule has 3 N–H and O–H groups in total. The van der Waals surface area contributed by atoms with Crippen molar-refractivity contribution < 1.29 is 14.3 Å². The van der Waals surface area contributed by atoms with Gasteiger partial charge in [0.15, 0.2) is 6.10 Å². The Labute approximate surface area is 157 Å². The molecule has 2 aromatic rings. The van der Waals surface area contributed by atoms with Gasteiger partial charge in [0.1, 0.15) is 10.8 Å². The Kier molecular flexibility index (Phi) is 5.61. The van der Waals surface area contributed by atoms with Crippen molar-refractivity contribution >= 4 is 28.2 Å². The predicted octanol–water partition coefficient (Wildman–Crippen LogP) is 3.77. The van der Waals surface area contributed by atoms with Crippen LogP contribution in [0.5, 0.6) is 5.75 Å². The summed E-state index contributed by atoms with van der Waals surface area (Å²) in [5.74, 6) is 0.481. The zero-order valence-corrected chi connectivity index (χ0v) is 15.9. The Hall–Kier alpha value is -2.34. The standard InChI is InChI=1S/C20H24N2O3S/c1-3-15(25-13-7-5-4-6-8-13)19(24)22-20-17(18(21)23)14-10-9-12(2)11-16(14)26-20/h4-8,12,15H,3,9-11H2,1-2H3,(H2,21,23)(H,22,24)/t12-,15-/m0/s1. The van der Waals surface area contributed by atoms with Crippen molar-refractivity contribution in [2.75, 3.05) is 5.32 Å². The SMILES string of the molecule is CC[C@H](Oc1ccccc1)C(=O)Nc1sc2c(c1C(N)=O)CC[C@H](C)C2. The number of nitrogens with two attached hydrogens (primary N) is 1. The molecule has 0 bridgehead atoms. The predicted molar refractivity (Wildman–Crippen MR) is 104 cm³/mol. The Balaban J connectivity index is 1.81. The molecule has 0 saturated heterocycles. The van der Waals surface area contributed by atoms with E-state index < -0.39 is 12.0 Å². The van der Waals surface area contributed by atoms with Crippen molar-refractivity contribution in [1.29, 1.82) is 0 Å². The Morgan fingerprint density at radius 1 is 1.35 bits per heavy atom. The van der Waals surface area contributed by atoms with E-state index in [4.69, 9.17) is 10.5 Å². The van der Waals surface area contributed by atoms with Crippen LogP contribution in [0.25, 0.3) is 0 Å². The highest BCUT2D eigenvalue weighted by atomic mass is 32.1. The monoisotopic (exact) mass is 372 g/mol. The van der Waals surface area contributed by atoms with Crippen LogP contribution in [0.3, 0.4) is 0 Å². The minimum atomic E-state index is -0.629. The zero-order chi connectivity index (χ0) is 18.7.